The summed E-state index contributed by atoms with van der Waals surface area (Å²) in [5, 5.41) is 8.79. The van der Waals surface area contributed by atoms with Gasteiger partial charge in [-0.2, -0.15) is 0 Å². The van der Waals surface area contributed by atoms with Gasteiger partial charge in [-0.05, 0) is 19.3 Å². The number of carbonyl (C=O) groups is 1. The predicted molar refractivity (Wildman–Crippen MR) is 37.5 cm³/mol. The third-order valence-electron chi connectivity index (χ3n) is 2.02. The maximum Gasteiger partial charge on any atom is 0.210 e. The fourth-order valence-corrected chi connectivity index (χ4v) is 1.36. The Morgan fingerprint density at radius 3 is 2.90 bits per heavy atom. The normalized spacial score (nSPS) is 26.5. The number of rotatable bonds is 2. The summed E-state index contributed by atoms with van der Waals surface area (Å²) in [6, 6.07) is 0.0891. The van der Waals surface area contributed by atoms with Crippen molar-refractivity contribution in [2.45, 2.75) is 25.3 Å². The minimum atomic E-state index is 0.0891. The molecule has 3 nitrogen and oxygen atoms in total. The number of amides is 1. The summed E-state index contributed by atoms with van der Waals surface area (Å²) < 4.78 is 0. The summed E-state index contributed by atoms with van der Waals surface area (Å²) in [5.41, 5.74) is 0. The van der Waals surface area contributed by atoms with Gasteiger partial charge in [-0.15, -0.1) is 0 Å². The highest BCUT2D eigenvalue weighted by molar-refractivity contribution is 5.47. The number of aliphatic hydroxyl groups is 1. The van der Waals surface area contributed by atoms with Crippen LogP contribution >= 0.6 is 0 Å². The van der Waals surface area contributed by atoms with Gasteiger partial charge in [-0.3, -0.25) is 4.79 Å². The summed E-state index contributed by atoms with van der Waals surface area (Å²) in [7, 11) is 0. The summed E-state index contributed by atoms with van der Waals surface area (Å²) in [4.78, 5) is 12.0. The van der Waals surface area contributed by atoms with Crippen LogP contribution in [0, 0.1) is 0 Å². The minimum Gasteiger partial charge on any atom is -0.394 e. The van der Waals surface area contributed by atoms with E-state index in [4.69, 9.17) is 5.11 Å². The maximum absolute atomic E-state index is 10.3. The first kappa shape index (κ1) is 7.54. The third kappa shape index (κ3) is 1.48. The Kier molecular flexibility index (Phi) is 2.68. The lowest BCUT2D eigenvalue weighted by atomic mass is 10.0. The van der Waals surface area contributed by atoms with Gasteiger partial charge >= 0.3 is 0 Å². The first-order valence-corrected chi connectivity index (χ1v) is 3.70. The molecular weight excluding hydrogens is 130 g/mol. The number of piperidine rings is 1. The smallest absolute Gasteiger partial charge is 0.210 e. The minimum absolute atomic E-state index is 0.0891. The molecule has 58 valence electrons. The Labute approximate surface area is 60.6 Å². The van der Waals surface area contributed by atoms with Crippen LogP contribution in [0.2, 0.25) is 0 Å². The van der Waals surface area contributed by atoms with E-state index >= 15 is 0 Å². The molecule has 0 unspecified atom stereocenters. The van der Waals surface area contributed by atoms with E-state index in [0.717, 1.165) is 32.2 Å². The fourth-order valence-electron chi connectivity index (χ4n) is 1.36. The lowest BCUT2D eigenvalue weighted by Gasteiger charge is -2.30. The molecule has 1 fully saturated rings. The molecule has 1 atom stereocenters. The zero-order valence-corrected chi connectivity index (χ0v) is 5.99. The van der Waals surface area contributed by atoms with Gasteiger partial charge in [-0.25, -0.2) is 0 Å². The zero-order chi connectivity index (χ0) is 7.40. The molecule has 0 saturated carbocycles. The summed E-state index contributed by atoms with van der Waals surface area (Å²) in [6.45, 7) is 0.924. The molecule has 1 heterocycles. The van der Waals surface area contributed by atoms with Crippen LogP contribution in [-0.4, -0.2) is 35.6 Å². The van der Waals surface area contributed by atoms with Crippen LogP contribution in [0.25, 0.3) is 0 Å². The number of aliphatic hydroxyl groups excluding tert-OH is 1. The molecule has 0 aromatic rings. The molecule has 1 amide bonds. The second-order valence-corrected chi connectivity index (χ2v) is 2.68. The summed E-state index contributed by atoms with van der Waals surface area (Å²) in [5.74, 6) is 0. The maximum atomic E-state index is 10.3. The van der Waals surface area contributed by atoms with E-state index in [1.165, 1.54) is 0 Å². The van der Waals surface area contributed by atoms with Gasteiger partial charge in [0.25, 0.3) is 0 Å². The van der Waals surface area contributed by atoms with Gasteiger partial charge in [0, 0.05) is 6.54 Å². The van der Waals surface area contributed by atoms with E-state index in [9.17, 15) is 4.79 Å². The van der Waals surface area contributed by atoms with Gasteiger partial charge in [0.15, 0.2) is 0 Å². The first-order valence-electron chi connectivity index (χ1n) is 3.70. The Morgan fingerprint density at radius 1 is 1.60 bits per heavy atom. The van der Waals surface area contributed by atoms with Gasteiger partial charge in [-0.1, -0.05) is 0 Å². The molecule has 0 spiro atoms. The average molecular weight is 143 g/mol. The Morgan fingerprint density at radius 2 is 2.40 bits per heavy atom. The Hall–Kier alpha value is -0.570. The van der Waals surface area contributed by atoms with Crippen LogP contribution < -0.4 is 0 Å². The van der Waals surface area contributed by atoms with Crippen molar-refractivity contribution in [1.29, 1.82) is 0 Å². The van der Waals surface area contributed by atoms with E-state index < -0.39 is 0 Å². The van der Waals surface area contributed by atoms with Crippen molar-refractivity contribution in [3.63, 3.8) is 0 Å². The van der Waals surface area contributed by atoms with Gasteiger partial charge in [0.1, 0.15) is 0 Å². The Balaban J connectivity index is 2.41. The molecule has 1 aliphatic heterocycles. The van der Waals surface area contributed by atoms with Crippen LogP contribution in [0.4, 0.5) is 0 Å². The van der Waals surface area contributed by atoms with Crippen LogP contribution in [0.3, 0.4) is 0 Å². The van der Waals surface area contributed by atoms with Gasteiger partial charge in [0.05, 0.1) is 12.6 Å². The number of likely N-dealkylation sites (tertiary alicyclic amines) is 1. The molecule has 1 rings (SSSR count). The third-order valence-corrected chi connectivity index (χ3v) is 2.02. The zero-order valence-electron chi connectivity index (χ0n) is 5.99. The lowest BCUT2D eigenvalue weighted by Crippen LogP contribution is -2.40. The first-order chi connectivity index (χ1) is 4.88. The summed E-state index contributed by atoms with van der Waals surface area (Å²) in [6.07, 6.45) is 4.00. The monoisotopic (exact) mass is 143 g/mol. The van der Waals surface area contributed by atoms with E-state index in [-0.39, 0.29) is 12.6 Å². The molecule has 0 aliphatic carbocycles. The van der Waals surface area contributed by atoms with Crippen molar-refractivity contribution >= 4 is 6.41 Å². The predicted octanol–water partition coefficient (Wildman–Crippen LogP) is -0.0104. The highest BCUT2D eigenvalue weighted by Crippen LogP contribution is 2.13. The van der Waals surface area contributed by atoms with E-state index in [1.807, 2.05) is 0 Å². The van der Waals surface area contributed by atoms with Crippen LogP contribution in [0.15, 0.2) is 0 Å². The van der Waals surface area contributed by atoms with Crippen molar-refractivity contribution in [2.75, 3.05) is 13.2 Å². The molecule has 1 N–H and O–H groups in total. The Bertz CT molecular complexity index is 116. The fraction of sp³-hybridized carbons (Fsp3) is 0.857. The second-order valence-electron chi connectivity index (χ2n) is 2.68. The van der Waals surface area contributed by atoms with Crippen molar-refractivity contribution in [3.05, 3.63) is 0 Å². The largest absolute Gasteiger partial charge is 0.394 e. The highest BCUT2D eigenvalue weighted by atomic mass is 16.3. The standard InChI is InChI=1S/C7H13NO2/c9-5-7-3-1-2-4-8(7)6-10/h6-7,9H,1-5H2/t7-/m0/s1. The summed E-state index contributed by atoms with van der Waals surface area (Å²) >= 11 is 0. The molecule has 0 bridgehead atoms. The second kappa shape index (κ2) is 3.56. The van der Waals surface area contributed by atoms with Crippen molar-refractivity contribution in [1.82, 2.24) is 4.90 Å². The number of nitrogens with zero attached hydrogens (tertiary/aromatic N) is 1. The molecule has 10 heavy (non-hydrogen) atoms. The molecule has 3 heteroatoms. The van der Waals surface area contributed by atoms with Crippen LogP contribution in [0.5, 0.6) is 0 Å². The van der Waals surface area contributed by atoms with Crippen LogP contribution in [0.1, 0.15) is 19.3 Å². The van der Waals surface area contributed by atoms with Gasteiger partial charge < -0.3 is 10.0 Å². The molecule has 1 aliphatic rings. The highest BCUT2D eigenvalue weighted by Gasteiger charge is 2.18. The molecule has 0 aromatic carbocycles. The van der Waals surface area contributed by atoms with E-state index in [1.54, 1.807) is 4.90 Å². The topological polar surface area (TPSA) is 40.5 Å². The average Bonchev–Trinajstić information content (AvgIpc) is 2.04. The SMILES string of the molecule is O=CN1CCCC[C@H]1CO. The van der Waals surface area contributed by atoms with Crippen molar-refractivity contribution < 1.29 is 9.90 Å². The van der Waals surface area contributed by atoms with Crippen LogP contribution in [-0.2, 0) is 4.79 Å². The lowest BCUT2D eigenvalue weighted by molar-refractivity contribution is -0.122. The van der Waals surface area contributed by atoms with E-state index in [0.29, 0.717) is 0 Å². The molecule has 0 radical (unpaired) electrons. The van der Waals surface area contributed by atoms with Crippen molar-refractivity contribution in [3.8, 4) is 0 Å². The quantitative estimate of drug-likeness (QED) is 0.552. The number of hydrogen-bond donors (Lipinski definition) is 1. The van der Waals surface area contributed by atoms with Gasteiger partial charge in [0.2, 0.25) is 6.41 Å². The molecule has 0 aromatic heterocycles. The van der Waals surface area contributed by atoms with E-state index in [2.05, 4.69) is 0 Å². The molecule has 1 saturated heterocycles. The number of hydrogen-bond acceptors (Lipinski definition) is 2. The van der Waals surface area contributed by atoms with Crippen molar-refractivity contribution in [2.24, 2.45) is 0 Å². The number of carbonyl (C=O) groups excluding carboxylic acids is 1. The molecular formula is C7H13NO2.